The lowest BCUT2D eigenvalue weighted by atomic mass is 10.1. The zero-order chi connectivity index (χ0) is 14.9. The van der Waals surface area contributed by atoms with E-state index in [1.54, 1.807) is 11.8 Å². The zero-order valence-electron chi connectivity index (χ0n) is 11.9. The molecule has 6 heteroatoms. The number of oxazole rings is 1. The van der Waals surface area contributed by atoms with Gasteiger partial charge in [0.15, 0.2) is 5.58 Å². The van der Waals surface area contributed by atoms with Crippen LogP contribution in [0.25, 0.3) is 11.1 Å². The van der Waals surface area contributed by atoms with Gasteiger partial charge in [0.05, 0.1) is 25.0 Å². The molecule has 1 aromatic carbocycles. The number of nitrogen functional groups attached to an aromatic ring is 1. The van der Waals surface area contributed by atoms with Crippen LogP contribution in [-0.4, -0.2) is 23.8 Å². The molecule has 2 N–H and O–H groups in total. The van der Waals surface area contributed by atoms with Crippen molar-refractivity contribution < 1.29 is 13.9 Å². The maximum atomic E-state index is 11.4. The highest BCUT2D eigenvalue weighted by Gasteiger charge is 2.44. The van der Waals surface area contributed by atoms with Crippen LogP contribution in [0.4, 0.5) is 5.69 Å². The first-order valence-electron chi connectivity index (χ1n) is 6.90. The number of hydrogen-bond acceptors (Lipinski definition) is 6. The van der Waals surface area contributed by atoms with Gasteiger partial charge in [-0.05, 0) is 36.1 Å². The Bertz CT molecular complexity index is 664. The monoisotopic (exact) mass is 306 g/mol. The lowest BCUT2D eigenvalue weighted by molar-refractivity contribution is -0.141. The van der Waals surface area contributed by atoms with Gasteiger partial charge in [-0.1, -0.05) is 6.07 Å². The lowest BCUT2D eigenvalue weighted by Crippen LogP contribution is -2.13. The van der Waals surface area contributed by atoms with Gasteiger partial charge >= 0.3 is 5.97 Å². The maximum Gasteiger partial charge on any atom is 0.306 e. The SMILES string of the molecule is COC(=O)CC1(CSCc2nc3c(N)cccc3o2)CC1. The van der Waals surface area contributed by atoms with E-state index in [-0.39, 0.29) is 11.4 Å². The normalized spacial score (nSPS) is 16.0. The molecule has 0 saturated heterocycles. The molecule has 1 saturated carbocycles. The fourth-order valence-corrected chi connectivity index (χ4v) is 3.58. The highest BCUT2D eigenvalue weighted by molar-refractivity contribution is 7.98. The molecule has 1 heterocycles. The average molecular weight is 306 g/mol. The Balaban J connectivity index is 1.57. The fraction of sp³-hybridized carbons (Fsp3) is 0.467. The molecular formula is C15H18N2O3S. The summed E-state index contributed by atoms with van der Waals surface area (Å²) >= 11 is 1.74. The van der Waals surface area contributed by atoms with Gasteiger partial charge in [-0.15, -0.1) is 0 Å². The number of nitrogens with two attached hydrogens (primary N) is 1. The molecule has 0 radical (unpaired) electrons. The number of hydrogen-bond donors (Lipinski definition) is 1. The molecule has 5 nitrogen and oxygen atoms in total. The summed E-state index contributed by atoms with van der Waals surface area (Å²) in [6, 6.07) is 5.54. The minimum absolute atomic E-state index is 0.122. The smallest absolute Gasteiger partial charge is 0.306 e. The Morgan fingerprint density at radius 3 is 3.00 bits per heavy atom. The standard InChI is InChI=1S/C15H18N2O3S/c1-19-13(18)7-15(5-6-15)9-21-8-12-17-14-10(16)3-2-4-11(14)20-12/h2-4H,5-9,16H2,1H3. The van der Waals surface area contributed by atoms with Crippen molar-refractivity contribution in [2.24, 2.45) is 5.41 Å². The maximum absolute atomic E-state index is 11.4. The quantitative estimate of drug-likeness (QED) is 0.653. The highest BCUT2D eigenvalue weighted by atomic mass is 32.2. The van der Waals surface area contributed by atoms with Gasteiger partial charge in [0, 0.05) is 0 Å². The Hall–Kier alpha value is -1.69. The molecule has 3 rings (SSSR count). The summed E-state index contributed by atoms with van der Waals surface area (Å²) in [5.41, 5.74) is 8.08. The van der Waals surface area contributed by atoms with E-state index in [1.807, 2.05) is 18.2 Å². The fourth-order valence-electron chi connectivity index (χ4n) is 2.36. The first-order valence-corrected chi connectivity index (χ1v) is 8.06. The zero-order valence-corrected chi connectivity index (χ0v) is 12.7. The summed E-state index contributed by atoms with van der Waals surface area (Å²) in [6.45, 7) is 0. The van der Waals surface area contributed by atoms with Crippen LogP contribution in [0.1, 0.15) is 25.2 Å². The van der Waals surface area contributed by atoms with Crippen LogP contribution in [0, 0.1) is 5.41 Å². The summed E-state index contributed by atoms with van der Waals surface area (Å²) in [5, 5.41) is 0. The first-order chi connectivity index (χ1) is 10.1. The van der Waals surface area contributed by atoms with Crippen molar-refractivity contribution in [1.29, 1.82) is 0 Å². The minimum Gasteiger partial charge on any atom is -0.469 e. The summed E-state index contributed by atoms with van der Waals surface area (Å²) in [4.78, 5) is 15.8. The number of carbonyl (C=O) groups excluding carboxylic acids is 1. The van der Waals surface area contributed by atoms with Crippen molar-refractivity contribution in [3.63, 3.8) is 0 Å². The number of esters is 1. The number of thioether (sulfide) groups is 1. The third kappa shape index (κ3) is 3.15. The predicted octanol–water partition coefficient (Wildman–Crippen LogP) is 2.99. The van der Waals surface area contributed by atoms with E-state index in [0.717, 1.165) is 29.7 Å². The second-order valence-electron chi connectivity index (χ2n) is 5.55. The Morgan fingerprint density at radius 1 is 1.52 bits per heavy atom. The molecule has 112 valence electrons. The van der Waals surface area contributed by atoms with Crippen molar-refractivity contribution in [1.82, 2.24) is 4.98 Å². The summed E-state index contributed by atoms with van der Waals surface area (Å²) < 4.78 is 10.4. The highest BCUT2D eigenvalue weighted by Crippen LogP contribution is 2.51. The van der Waals surface area contributed by atoms with E-state index < -0.39 is 0 Å². The van der Waals surface area contributed by atoms with Crippen LogP contribution < -0.4 is 5.73 Å². The molecule has 0 spiro atoms. The molecule has 0 aliphatic heterocycles. The van der Waals surface area contributed by atoms with Crippen molar-refractivity contribution in [2.75, 3.05) is 18.6 Å². The van der Waals surface area contributed by atoms with E-state index in [0.29, 0.717) is 23.8 Å². The van der Waals surface area contributed by atoms with Crippen LogP contribution >= 0.6 is 11.8 Å². The van der Waals surface area contributed by atoms with Crippen molar-refractivity contribution in [3.05, 3.63) is 24.1 Å². The molecule has 0 unspecified atom stereocenters. The van der Waals surface area contributed by atoms with Gasteiger partial charge in [-0.25, -0.2) is 4.98 Å². The van der Waals surface area contributed by atoms with Crippen molar-refractivity contribution >= 4 is 34.5 Å². The Kier molecular flexibility index (Phi) is 3.80. The molecule has 21 heavy (non-hydrogen) atoms. The van der Waals surface area contributed by atoms with Gasteiger partial charge < -0.3 is 14.9 Å². The number of para-hydroxylation sites is 1. The first kappa shape index (κ1) is 14.3. The summed E-state index contributed by atoms with van der Waals surface area (Å²) in [7, 11) is 1.44. The summed E-state index contributed by atoms with van der Waals surface area (Å²) in [6.07, 6.45) is 2.70. The molecule has 0 atom stereocenters. The molecular weight excluding hydrogens is 288 g/mol. The Morgan fingerprint density at radius 2 is 2.33 bits per heavy atom. The largest absolute Gasteiger partial charge is 0.469 e. The molecule has 1 aromatic heterocycles. The van der Waals surface area contributed by atoms with E-state index >= 15 is 0 Å². The van der Waals surface area contributed by atoms with Crippen molar-refractivity contribution in [3.8, 4) is 0 Å². The van der Waals surface area contributed by atoms with Gasteiger partial charge in [0.1, 0.15) is 5.52 Å². The number of fused-ring (bicyclic) bond motifs is 1. The van der Waals surface area contributed by atoms with Gasteiger partial charge in [0.2, 0.25) is 5.89 Å². The molecule has 0 amide bonds. The average Bonchev–Trinajstić information content (AvgIpc) is 3.08. The number of ether oxygens (including phenoxy) is 1. The van der Waals surface area contributed by atoms with Gasteiger partial charge in [-0.2, -0.15) is 11.8 Å². The van der Waals surface area contributed by atoms with Crippen LogP contribution in [0.5, 0.6) is 0 Å². The number of aromatic nitrogens is 1. The Labute approximate surface area is 127 Å². The predicted molar refractivity (Wildman–Crippen MR) is 82.9 cm³/mol. The van der Waals surface area contributed by atoms with Gasteiger partial charge in [-0.3, -0.25) is 4.79 Å². The number of carbonyl (C=O) groups is 1. The number of rotatable bonds is 6. The van der Waals surface area contributed by atoms with Crippen molar-refractivity contribution in [2.45, 2.75) is 25.0 Å². The minimum atomic E-state index is -0.122. The van der Waals surface area contributed by atoms with Crippen LogP contribution in [0.3, 0.4) is 0 Å². The van der Waals surface area contributed by atoms with Gasteiger partial charge in [0.25, 0.3) is 0 Å². The molecule has 1 aliphatic carbocycles. The van der Waals surface area contributed by atoms with E-state index in [1.165, 1.54) is 7.11 Å². The molecule has 1 aliphatic rings. The van der Waals surface area contributed by atoms with E-state index in [9.17, 15) is 4.79 Å². The van der Waals surface area contributed by atoms with E-state index in [4.69, 9.17) is 14.9 Å². The van der Waals surface area contributed by atoms with Crippen LogP contribution in [-0.2, 0) is 15.3 Å². The topological polar surface area (TPSA) is 78.3 Å². The molecule has 2 aromatic rings. The lowest BCUT2D eigenvalue weighted by Gasteiger charge is -2.11. The third-order valence-electron chi connectivity index (χ3n) is 3.83. The summed E-state index contributed by atoms with van der Waals surface area (Å²) in [5.74, 6) is 2.18. The number of benzene rings is 1. The van der Waals surface area contributed by atoms with E-state index in [2.05, 4.69) is 4.98 Å². The second kappa shape index (κ2) is 5.60. The number of anilines is 1. The third-order valence-corrected chi connectivity index (χ3v) is 5.10. The van der Waals surface area contributed by atoms with Crippen LogP contribution in [0.15, 0.2) is 22.6 Å². The molecule has 0 bridgehead atoms. The second-order valence-corrected chi connectivity index (χ2v) is 6.53. The van der Waals surface area contributed by atoms with Crippen LogP contribution in [0.2, 0.25) is 0 Å². The number of methoxy groups -OCH3 is 1. The molecule has 1 fully saturated rings. The number of nitrogens with zero attached hydrogens (tertiary/aromatic N) is 1.